The van der Waals surface area contributed by atoms with Crippen LogP contribution in [-0.2, 0) is 7.05 Å². The van der Waals surface area contributed by atoms with Gasteiger partial charge < -0.3 is 0 Å². The maximum atomic E-state index is 10.6. The summed E-state index contributed by atoms with van der Waals surface area (Å²) < 4.78 is 1.33. The van der Waals surface area contributed by atoms with Gasteiger partial charge in [-0.05, 0) is 11.6 Å². The molecule has 0 unspecified atom stereocenters. The van der Waals surface area contributed by atoms with Crippen LogP contribution >= 0.6 is 23.2 Å². The number of carbonyl (C=O) groups excluding carboxylic acids is 1. The minimum Gasteiger partial charge on any atom is -0.274 e. The first-order valence-corrected chi connectivity index (χ1v) is 3.26. The molecule has 0 aromatic carbocycles. The zero-order valence-electron chi connectivity index (χ0n) is 5.14. The second kappa shape index (κ2) is 2.60. The molecule has 0 N–H and O–H groups in total. The summed E-state index contributed by atoms with van der Waals surface area (Å²) in [5.74, 6) is 0. The molecule has 1 aromatic heterocycles. The summed E-state index contributed by atoms with van der Waals surface area (Å²) in [4.78, 5) is 10.6. The standard InChI is InChI=1S/C5H4Cl2N2O/c1-9-4(5(7)10)3(6)2-8-9/h2H,1H3. The van der Waals surface area contributed by atoms with Gasteiger partial charge in [0.2, 0.25) is 0 Å². The summed E-state index contributed by atoms with van der Waals surface area (Å²) >= 11 is 10.7. The molecule has 5 heteroatoms. The molecule has 0 fully saturated rings. The van der Waals surface area contributed by atoms with Crippen LogP contribution in [0, 0.1) is 0 Å². The second-order valence-corrected chi connectivity index (χ2v) is 2.49. The summed E-state index contributed by atoms with van der Waals surface area (Å²) in [5.41, 5.74) is 0.225. The Morgan fingerprint density at radius 3 is 2.60 bits per heavy atom. The Hall–Kier alpha value is -0.540. The second-order valence-electron chi connectivity index (χ2n) is 1.74. The molecule has 0 amide bonds. The highest BCUT2D eigenvalue weighted by Gasteiger charge is 2.11. The molecule has 0 saturated carbocycles. The van der Waals surface area contributed by atoms with Gasteiger partial charge in [-0.2, -0.15) is 5.10 Å². The van der Waals surface area contributed by atoms with Gasteiger partial charge in [-0.25, -0.2) is 0 Å². The molecular formula is C5H4Cl2N2O. The highest BCUT2D eigenvalue weighted by atomic mass is 35.5. The number of aromatic nitrogens is 2. The van der Waals surface area contributed by atoms with Crippen molar-refractivity contribution in [2.24, 2.45) is 7.05 Å². The van der Waals surface area contributed by atoms with E-state index in [1.807, 2.05) is 0 Å². The summed E-state index contributed by atoms with van der Waals surface area (Å²) in [6, 6.07) is 0. The predicted octanol–water partition coefficient (Wildman–Crippen LogP) is 1.45. The topological polar surface area (TPSA) is 34.9 Å². The van der Waals surface area contributed by atoms with E-state index in [-0.39, 0.29) is 10.7 Å². The normalized spacial score (nSPS) is 9.90. The van der Waals surface area contributed by atoms with Gasteiger partial charge in [0.05, 0.1) is 11.2 Å². The Balaban J connectivity index is 3.23. The van der Waals surface area contributed by atoms with Gasteiger partial charge in [-0.1, -0.05) is 11.6 Å². The summed E-state index contributed by atoms with van der Waals surface area (Å²) in [7, 11) is 1.60. The lowest BCUT2D eigenvalue weighted by atomic mass is 10.5. The Bertz CT molecular complexity index is 249. The molecule has 1 rings (SSSR count). The minimum absolute atomic E-state index is 0.225. The highest BCUT2D eigenvalue weighted by molar-refractivity contribution is 6.68. The maximum absolute atomic E-state index is 10.6. The molecule has 54 valence electrons. The molecular weight excluding hydrogens is 175 g/mol. The number of hydrogen-bond acceptors (Lipinski definition) is 2. The smallest absolute Gasteiger partial charge is 0.272 e. The van der Waals surface area contributed by atoms with Crippen LogP contribution in [0.2, 0.25) is 5.02 Å². The number of hydrogen-bond donors (Lipinski definition) is 0. The van der Waals surface area contributed by atoms with Crippen molar-refractivity contribution in [1.29, 1.82) is 0 Å². The minimum atomic E-state index is -0.593. The molecule has 3 nitrogen and oxygen atoms in total. The van der Waals surface area contributed by atoms with Crippen molar-refractivity contribution in [3.05, 3.63) is 16.9 Å². The molecule has 10 heavy (non-hydrogen) atoms. The predicted molar refractivity (Wildman–Crippen MR) is 38.4 cm³/mol. The Morgan fingerprint density at radius 2 is 2.40 bits per heavy atom. The highest BCUT2D eigenvalue weighted by Crippen LogP contribution is 2.15. The summed E-state index contributed by atoms with van der Waals surface area (Å²) in [6.45, 7) is 0. The van der Waals surface area contributed by atoms with Gasteiger partial charge >= 0.3 is 0 Å². The van der Waals surface area contributed by atoms with Gasteiger partial charge in [0.1, 0.15) is 5.69 Å². The lowest BCUT2D eigenvalue weighted by Crippen LogP contribution is -2.00. The van der Waals surface area contributed by atoms with Crippen LogP contribution in [-0.4, -0.2) is 15.0 Å². The number of halogens is 2. The molecule has 0 saturated heterocycles. The average molecular weight is 179 g/mol. The third-order valence-corrected chi connectivity index (χ3v) is 1.54. The van der Waals surface area contributed by atoms with E-state index >= 15 is 0 Å². The van der Waals surface area contributed by atoms with E-state index in [4.69, 9.17) is 23.2 Å². The Kier molecular flexibility index (Phi) is 1.97. The number of carbonyl (C=O) groups is 1. The number of nitrogens with zero attached hydrogens (tertiary/aromatic N) is 2. The van der Waals surface area contributed by atoms with Crippen LogP contribution in [0.25, 0.3) is 0 Å². The van der Waals surface area contributed by atoms with Crippen LogP contribution in [0.1, 0.15) is 10.5 Å². The fraction of sp³-hybridized carbons (Fsp3) is 0.200. The molecule has 0 spiro atoms. The van der Waals surface area contributed by atoms with E-state index < -0.39 is 5.24 Å². The van der Waals surface area contributed by atoms with Gasteiger partial charge in [0.25, 0.3) is 5.24 Å². The summed E-state index contributed by atoms with van der Waals surface area (Å²) in [6.07, 6.45) is 1.37. The number of aryl methyl sites for hydroxylation is 1. The van der Waals surface area contributed by atoms with Crippen molar-refractivity contribution in [3.63, 3.8) is 0 Å². The lowest BCUT2D eigenvalue weighted by Gasteiger charge is -1.92. The Labute approximate surface area is 67.5 Å². The maximum Gasteiger partial charge on any atom is 0.272 e. The van der Waals surface area contributed by atoms with E-state index in [2.05, 4.69) is 5.10 Å². The lowest BCUT2D eigenvalue weighted by molar-refractivity contribution is 0.107. The van der Waals surface area contributed by atoms with Crippen LogP contribution in [0.15, 0.2) is 6.20 Å². The quantitative estimate of drug-likeness (QED) is 0.611. The monoisotopic (exact) mass is 178 g/mol. The first-order chi connectivity index (χ1) is 4.63. The fourth-order valence-corrected chi connectivity index (χ4v) is 1.16. The van der Waals surface area contributed by atoms with Crippen LogP contribution in [0.3, 0.4) is 0 Å². The van der Waals surface area contributed by atoms with E-state index in [0.29, 0.717) is 0 Å². The zero-order chi connectivity index (χ0) is 7.72. The van der Waals surface area contributed by atoms with Crippen LogP contribution in [0.5, 0.6) is 0 Å². The van der Waals surface area contributed by atoms with Gasteiger partial charge in [-0.15, -0.1) is 0 Å². The van der Waals surface area contributed by atoms with Gasteiger partial charge in [0.15, 0.2) is 0 Å². The molecule has 1 heterocycles. The van der Waals surface area contributed by atoms with E-state index in [1.165, 1.54) is 10.9 Å². The molecule has 0 atom stereocenters. The summed E-state index contributed by atoms with van der Waals surface area (Å²) in [5, 5.41) is 3.40. The zero-order valence-corrected chi connectivity index (χ0v) is 6.65. The fourth-order valence-electron chi connectivity index (χ4n) is 0.632. The third-order valence-electron chi connectivity index (χ3n) is 1.08. The van der Waals surface area contributed by atoms with Gasteiger partial charge in [-0.3, -0.25) is 9.48 Å². The first-order valence-electron chi connectivity index (χ1n) is 2.50. The van der Waals surface area contributed by atoms with Gasteiger partial charge in [0, 0.05) is 7.05 Å². The van der Waals surface area contributed by atoms with Crippen molar-refractivity contribution in [2.75, 3.05) is 0 Å². The number of rotatable bonds is 1. The van der Waals surface area contributed by atoms with E-state index in [0.717, 1.165) is 0 Å². The average Bonchev–Trinajstić information content (AvgIpc) is 2.11. The molecule has 0 radical (unpaired) electrons. The largest absolute Gasteiger partial charge is 0.274 e. The van der Waals surface area contributed by atoms with Crippen molar-refractivity contribution < 1.29 is 4.79 Å². The van der Waals surface area contributed by atoms with Crippen molar-refractivity contribution in [3.8, 4) is 0 Å². The molecule has 0 aliphatic rings. The molecule has 0 bridgehead atoms. The van der Waals surface area contributed by atoms with Crippen molar-refractivity contribution >= 4 is 28.4 Å². The van der Waals surface area contributed by atoms with Crippen molar-refractivity contribution in [1.82, 2.24) is 9.78 Å². The van der Waals surface area contributed by atoms with Crippen LogP contribution < -0.4 is 0 Å². The molecule has 1 aromatic rings. The van der Waals surface area contributed by atoms with Crippen molar-refractivity contribution in [2.45, 2.75) is 0 Å². The molecule has 0 aliphatic carbocycles. The first kappa shape index (κ1) is 7.57. The van der Waals surface area contributed by atoms with Crippen LogP contribution in [0.4, 0.5) is 0 Å². The Morgan fingerprint density at radius 1 is 1.80 bits per heavy atom. The SMILES string of the molecule is Cn1ncc(Cl)c1C(=O)Cl. The van der Waals surface area contributed by atoms with E-state index in [1.54, 1.807) is 7.05 Å². The molecule has 0 aliphatic heterocycles. The third kappa shape index (κ3) is 1.15. The van der Waals surface area contributed by atoms with E-state index in [9.17, 15) is 4.79 Å².